The van der Waals surface area contributed by atoms with Gasteiger partial charge in [-0.1, -0.05) is 17.7 Å². The Kier molecular flexibility index (Phi) is 5.38. The molecule has 0 unspecified atom stereocenters. The molecule has 0 aliphatic rings. The summed E-state index contributed by atoms with van der Waals surface area (Å²) in [5, 5.41) is 12.2. The van der Waals surface area contributed by atoms with E-state index in [0.717, 1.165) is 16.6 Å². The molecule has 0 saturated carbocycles. The van der Waals surface area contributed by atoms with Crippen molar-refractivity contribution >= 4 is 34.4 Å². The maximum atomic E-state index is 6.21. The summed E-state index contributed by atoms with van der Waals surface area (Å²) >= 11 is 6.21. The molecule has 4 N–H and O–H groups in total. The number of halogens is 1. The maximum absolute atomic E-state index is 6.21. The minimum absolute atomic E-state index is 0.377. The molecule has 8 nitrogen and oxygen atoms in total. The summed E-state index contributed by atoms with van der Waals surface area (Å²) in [5.74, 6) is 1.84. The molecule has 27 heavy (non-hydrogen) atoms. The highest BCUT2D eigenvalue weighted by Gasteiger charge is 2.15. The Morgan fingerprint density at radius 3 is 2.70 bits per heavy atom. The van der Waals surface area contributed by atoms with Crippen LogP contribution >= 0.6 is 11.6 Å². The van der Waals surface area contributed by atoms with Crippen LogP contribution in [-0.4, -0.2) is 38.9 Å². The topological polar surface area (TPSA) is 103 Å². The number of rotatable bonds is 7. The number of hydrogen-bond donors (Lipinski definition) is 3. The van der Waals surface area contributed by atoms with Gasteiger partial charge in [-0.2, -0.15) is 15.1 Å². The molecule has 0 fully saturated rings. The summed E-state index contributed by atoms with van der Waals surface area (Å²) in [6, 6.07) is 5.66. The molecule has 0 atom stereocenters. The van der Waals surface area contributed by atoms with Crippen molar-refractivity contribution in [3.8, 4) is 5.75 Å². The zero-order chi connectivity index (χ0) is 19.6. The Morgan fingerprint density at radius 1 is 1.26 bits per heavy atom. The zero-order valence-electron chi connectivity index (χ0n) is 15.9. The number of nitrogens with zero attached hydrogens (tertiary/aromatic N) is 4. The van der Waals surface area contributed by atoms with E-state index >= 15 is 0 Å². The molecule has 0 saturated heterocycles. The molecule has 0 amide bonds. The minimum atomic E-state index is -0.377. The average molecular weight is 390 g/mol. The predicted octanol–water partition coefficient (Wildman–Crippen LogP) is 2.79. The number of aromatic nitrogens is 4. The van der Waals surface area contributed by atoms with Gasteiger partial charge in [0.15, 0.2) is 5.65 Å². The monoisotopic (exact) mass is 389 g/mol. The third-order valence-electron chi connectivity index (χ3n) is 3.97. The quantitative estimate of drug-likeness (QED) is 0.570. The number of methoxy groups -OCH3 is 1. The number of ether oxygens (including phenoxy) is 1. The molecule has 144 valence electrons. The van der Waals surface area contributed by atoms with Crippen LogP contribution in [0.4, 0.5) is 11.8 Å². The lowest BCUT2D eigenvalue weighted by atomic mass is 10.1. The molecule has 2 aromatic heterocycles. The highest BCUT2D eigenvalue weighted by molar-refractivity contribution is 6.32. The van der Waals surface area contributed by atoms with Gasteiger partial charge in [0.05, 0.1) is 23.7 Å². The van der Waals surface area contributed by atoms with Gasteiger partial charge >= 0.3 is 0 Å². The van der Waals surface area contributed by atoms with E-state index in [2.05, 4.69) is 25.7 Å². The van der Waals surface area contributed by atoms with Gasteiger partial charge in [-0.15, -0.1) is 0 Å². The van der Waals surface area contributed by atoms with Gasteiger partial charge in [-0.05, 0) is 31.5 Å². The molecular weight excluding hydrogens is 366 g/mol. The van der Waals surface area contributed by atoms with Crippen LogP contribution in [0.15, 0.2) is 24.4 Å². The number of aryl methyl sites for hydroxylation is 1. The summed E-state index contributed by atoms with van der Waals surface area (Å²) < 4.78 is 6.90. The van der Waals surface area contributed by atoms with E-state index in [9.17, 15) is 0 Å². The van der Waals surface area contributed by atoms with E-state index in [1.165, 1.54) is 0 Å². The van der Waals surface area contributed by atoms with E-state index in [1.54, 1.807) is 18.0 Å². The molecule has 0 spiro atoms. The first-order chi connectivity index (χ1) is 12.8. The Labute approximate surface area is 163 Å². The van der Waals surface area contributed by atoms with E-state index < -0.39 is 0 Å². The number of hydrogen-bond acceptors (Lipinski definition) is 7. The van der Waals surface area contributed by atoms with Crippen LogP contribution in [-0.2, 0) is 13.6 Å². The molecule has 9 heteroatoms. The van der Waals surface area contributed by atoms with E-state index in [1.807, 2.05) is 39.1 Å². The van der Waals surface area contributed by atoms with Crippen molar-refractivity contribution in [2.24, 2.45) is 12.8 Å². The van der Waals surface area contributed by atoms with Crippen LogP contribution in [0.5, 0.6) is 5.75 Å². The molecule has 2 heterocycles. The molecule has 0 bridgehead atoms. The van der Waals surface area contributed by atoms with Crippen LogP contribution in [0.25, 0.3) is 11.0 Å². The average Bonchev–Trinajstić information content (AvgIpc) is 2.99. The van der Waals surface area contributed by atoms with Crippen LogP contribution in [0, 0.1) is 0 Å². The Morgan fingerprint density at radius 2 is 2.04 bits per heavy atom. The first-order valence-corrected chi connectivity index (χ1v) is 8.93. The van der Waals surface area contributed by atoms with Crippen molar-refractivity contribution in [2.75, 3.05) is 24.3 Å². The molecule has 0 radical (unpaired) electrons. The van der Waals surface area contributed by atoms with Gasteiger partial charge < -0.3 is 21.1 Å². The smallest absolute Gasteiger partial charge is 0.226 e. The molecule has 3 rings (SSSR count). The summed E-state index contributed by atoms with van der Waals surface area (Å²) in [6.45, 7) is 4.97. The summed E-state index contributed by atoms with van der Waals surface area (Å²) in [4.78, 5) is 9.12. The normalized spacial score (nSPS) is 11.6. The standard InChI is InChI=1S/C18H24ClN7O/c1-18(2,20)10-22-17-24-15(12-9-23-26(3)16(12)25-17)21-8-11-5-6-14(27-4)13(19)7-11/h5-7,9H,8,10,20H2,1-4H3,(H2,21,22,24,25). The first-order valence-electron chi connectivity index (χ1n) is 8.55. The highest BCUT2D eigenvalue weighted by atomic mass is 35.5. The van der Waals surface area contributed by atoms with Crippen molar-refractivity contribution < 1.29 is 4.74 Å². The highest BCUT2D eigenvalue weighted by Crippen LogP contribution is 2.26. The van der Waals surface area contributed by atoms with Crippen LogP contribution in [0.2, 0.25) is 5.02 Å². The molecule has 0 aliphatic carbocycles. The fraction of sp³-hybridized carbons (Fsp3) is 0.389. The first kappa shape index (κ1) is 19.2. The lowest BCUT2D eigenvalue weighted by molar-refractivity contribution is 0.415. The molecule has 0 aliphatic heterocycles. The largest absolute Gasteiger partial charge is 0.495 e. The van der Waals surface area contributed by atoms with E-state index in [-0.39, 0.29) is 5.54 Å². The molecular formula is C18H24ClN7O. The third-order valence-corrected chi connectivity index (χ3v) is 4.27. The fourth-order valence-electron chi connectivity index (χ4n) is 2.55. The number of nitrogens with two attached hydrogens (primary N) is 1. The van der Waals surface area contributed by atoms with Crippen LogP contribution < -0.4 is 21.1 Å². The van der Waals surface area contributed by atoms with Gasteiger partial charge in [-0.3, -0.25) is 4.68 Å². The minimum Gasteiger partial charge on any atom is -0.495 e. The van der Waals surface area contributed by atoms with Gasteiger partial charge in [0.1, 0.15) is 11.6 Å². The lowest BCUT2D eigenvalue weighted by Crippen LogP contribution is -2.40. The second-order valence-electron chi connectivity index (χ2n) is 7.07. The maximum Gasteiger partial charge on any atom is 0.226 e. The van der Waals surface area contributed by atoms with Gasteiger partial charge in [-0.25, -0.2) is 0 Å². The summed E-state index contributed by atoms with van der Waals surface area (Å²) in [6.07, 6.45) is 1.75. The predicted molar refractivity (Wildman–Crippen MR) is 108 cm³/mol. The van der Waals surface area contributed by atoms with Gasteiger partial charge in [0.2, 0.25) is 5.95 Å². The van der Waals surface area contributed by atoms with E-state index in [0.29, 0.717) is 35.6 Å². The Balaban J connectivity index is 1.85. The van der Waals surface area contributed by atoms with Gasteiger partial charge in [0, 0.05) is 25.7 Å². The van der Waals surface area contributed by atoms with Crippen molar-refractivity contribution in [1.29, 1.82) is 0 Å². The van der Waals surface area contributed by atoms with Crippen molar-refractivity contribution in [1.82, 2.24) is 19.7 Å². The van der Waals surface area contributed by atoms with Crippen molar-refractivity contribution in [3.63, 3.8) is 0 Å². The number of fused-ring (bicyclic) bond motifs is 1. The SMILES string of the molecule is COc1ccc(CNc2nc(NCC(C)(C)N)nc3c2cnn3C)cc1Cl. The van der Waals surface area contributed by atoms with Gasteiger partial charge in [0.25, 0.3) is 0 Å². The molecule has 3 aromatic rings. The second-order valence-corrected chi connectivity index (χ2v) is 7.47. The van der Waals surface area contributed by atoms with Crippen LogP contribution in [0.1, 0.15) is 19.4 Å². The zero-order valence-corrected chi connectivity index (χ0v) is 16.6. The van der Waals surface area contributed by atoms with Crippen molar-refractivity contribution in [2.45, 2.75) is 25.9 Å². The summed E-state index contributed by atoms with van der Waals surface area (Å²) in [7, 11) is 3.44. The third kappa shape index (κ3) is 4.58. The second kappa shape index (κ2) is 7.58. The number of nitrogens with one attached hydrogen (secondary N) is 2. The molecule has 1 aromatic carbocycles. The Bertz CT molecular complexity index is 949. The summed E-state index contributed by atoms with van der Waals surface area (Å²) in [5.41, 5.74) is 7.41. The van der Waals surface area contributed by atoms with Crippen LogP contribution in [0.3, 0.4) is 0 Å². The van der Waals surface area contributed by atoms with E-state index in [4.69, 9.17) is 22.1 Å². The number of anilines is 2. The Hall–Kier alpha value is -2.58. The fourth-order valence-corrected chi connectivity index (χ4v) is 2.83. The number of benzene rings is 1. The van der Waals surface area contributed by atoms with Crippen molar-refractivity contribution in [3.05, 3.63) is 35.0 Å². The lowest BCUT2D eigenvalue weighted by Gasteiger charge is -2.19.